The van der Waals surface area contributed by atoms with Crippen LogP contribution in [0.4, 0.5) is 0 Å². The normalized spacial score (nSPS) is 18.7. The summed E-state index contributed by atoms with van der Waals surface area (Å²) in [6.45, 7) is 8.05. The van der Waals surface area contributed by atoms with Crippen molar-refractivity contribution >= 4 is 5.91 Å². The third-order valence-electron chi connectivity index (χ3n) is 3.51. The van der Waals surface area contributed by atoms with E-state index in [0.29, 0.717) is 19.0 Å². The van der Waals surface area contributed by atoms with E-state index in [4.69, 9.17) is 4.74 Å². The van der Waals surface area contributed by atoms with Crippen molar-refractivity contribution in [3.8, 4) is 0 Å². The molecule has 1 aliphatic rings. The van der Waals surface area contributed by atoms with Gasteiger partial charge in [-0.1, -0.05) is 13.8 Å². The predicted molar refractivity (Wildman–Crippen MR) is 77.5 cm³/mol. The van der Waals surface area contributed by atoms with Crippen LogP contribution in [-0.2, 0) is 22.5 Å². The predicted octanol–water partition coefficient (Wildman–Crippen LogP) is 1.69. The fourth-order valence-electron chi connectivity index (χ4n) is 2.49. The van der Waals surface area contributed by atoms with Crippen molar-refractivity contribution in [2.24, 2.45) is 5.92 Å². The molecule has 1 aliphatic heterocycles. The molecule has 1 fully saturated rings. The fourth-order valence-corrected chi connectivity index (χ4v) is 2.49. The molecule has 1 aromatic rings. The number of aromatic nitrogens is 2. The topological polar surface area (TPSA) is 56.2 Å². The maximum Gasteiger partial charge on any atom is 0.240 e. The summed E-state index contributed by atoms with van der Waals surface area (Å²) in [5.41, 5.74) is 1.06. The first-order valence-electron chi connectivity index (χ1n) is 7.45. The standard InChI is InChI=1S/C15H25N3O2/c1-11(2)7-13-9-18(12(3)17-13)10-15(19)16-8-14-5-4-6-20-14/h9,11,14H,4-8,10H2,1-3H3,(H,16,19). The number of rotatable bonds is 6. The Morgan fingerprint density at radius 2 is 2.40 bits per heavy atom. The summed E-state index contributed by atoms with van der Waals surface area (Å²) in [7, 11) is 0. The summed E-state index contributed by atoms with van der Waals surface area (Å²) < 4.78 is 7.41. The van der Waals surface area contributed by atoms with Crippen LogP contribution in [0.5, 0.6) is 0 Å². The molecule has 112 valence electrons. The van der Waals surface area contributed by atoms with Gasteiger partial charge in [-0.15, -0.1) is 0 Å². The maximum atomic E-state index is 11.9. The van der Waals surface area contributed by atoms with E-state index in [2.05, 4.69) is 24.1 Å². The smallest absolute Gasteiger partial charge is 0.240 e. The van der Waals surface area contributed by atoms with Crippen LogP contribution in [0.3, 0.4) is 0 Å². The van der Waals surface area contributed by atoms with E-state index in [9.17, 15) is 4.79 Å². The van der Waals surface area contributed by atoms with E-state index in [1.165, 1.54) is 0 Å². The van der Waals surface area contributed by atoms with E-state index in [1.807, 2.05) is 17.7 Å². The van der Waals surface area contributed by atoms with Crippen molar-refractivity contribution in [2.45, 2.75) is 52.7 Å². The third-order valence-corrected chi connectivity index (χ3v) is 3.51. The Kier molecular flexibility index (Phi) is 5.17. The SMILES string of the molecule is Cc1nc(CC(C)C)cn1CC(=O)NCC1CCCO1. The summed E-state index contributed by atoms with van der Waals surface area (Å²) in [5, 5.41) is 2.94. The maximum absolute atomic E-state index is 11.9. The molecule has 2 heterocycles. The molecular formula is C15H25N3O2. The Balaban J connectivity index is 1.82. The van der Waals surface area contributed by atoms with Crippen LogP contribution < -0.4 is 5.32 Å². The molecule has 1 saturated heterocycles. The lowest BCUT2D eigenvalue weighted by molar-refractivity contribution is -0.122. The molecule has 5 nitrogen and oxygen atoms in total. The van der Waals surface area contributed by atoms with E-state index in [-0.39, 0.29) is 12.0 Å². The number of nitrogens with zero attached hydrogens (tertiary/aromatic N) is 2. The molecule has 0 spiro atoms. The third kappa shape index (κ3) is 4.34. The van der Waals surface area contributed by atoms with Crippen LogP contribution in [0.25, 0.3) is 0 Å². The zero-order valence-electron chi connectivity index (χ0n) is 12.7. The highest BCUT2D eigenvalue weighted by Crippen LogP contribution is 2.11. The number of hydrogen-bond acceptors (Lipinski definition) is 3. The first-order valence-corrected chi connectivity index (χ1v) is 7.45. The van der Waals surface area contributed by atoms with Crippen molar-refractivity contribution in [1.29, 1.82) is 0 Å². The van der Waals surface area contributed by atoms with Gasteiger partial charge in [0, 0.05) is 19.3 Å². The van der Waals surface area contributed by atoms with Gasteiger partial charge in [0.25, 0.3) is 0 Å². The van der Waals surface area contributed by atoms with Crippen molar-refractivity contribution in [1.82, 2.24) is 14.9 Å². The summed E-state index contributed by atoms with van der Waals surface area (Å²) in [4.78, 5) is 16.4. The minimum Gasteiger partial charge on any atom is -0.376 e. The number of ether oxygens (including phenoxy) is 1. The van der Waals surface area contributed by atoms with Crippen LogP contribution >= 0.6 is 0 Å². The molecule has 0 aliphatic carbocycles. The highest BCUT2D eigenvalue weighted by atomic mass is 16.5. The lowest BCUT2D eigenvalue weighted by Crippen LogP contribution is -2.34. The Morgan fingerprint density at radius 3 is 3.05 bits per heavy atom. The largest absolute Gasteiger partial charge is 0.376 e. The molecule has 0 bridgehead atoms. The van der Waals surface area contributed by atoms with Gasteiger partial charge in [0.05, 0.1) is 11.8 Å². The lowest BCUT2D eigenvalue weighted by Gasteiger charge is -2.11. The molecule has 1 unspecified atom stereocenters. The average molecular weight is 279 g/mol. The van der Waals surface area contributed by atoms with E-state index in [0.717, 1.165) is 37.4 Å². The highest BCUT2D eigenvalue weighted by molar-refractivity contribution is 5.75. The molecular weight excluding hydrogens is 254 g/mol. The molecule has 1 aromatic heterocycles. The Bertz CT molecular complexity index is 448. The number of carbonyl (C=O) groups is 1. The van der Waals surface area contributed by atoms with E-state index < -0.39 is 0 Å². The summed E-state index contributed by atoms with van der Waals surface area (Å²) in [5.74, 6) is 1.50. The van der Waals surface area contributed by atoms with Gasteiger partial charge in [0.1, 0.15) is 12.4 Å². The number of carbonyl (C=O) groups excluding carboxylic acids is 1. The minimum absolute atomic E-state index is 0.0251. The van der Waals surface area contributed by atoms with Gasteiger partial charge in [0.2, 0.25) is 5.91 Å². The van der Waals surface area contributed by atoms with E-state index >= 15 is 0 Å². The number of nitrogens with one attached hydrogen (secondary N) is 1. The van der Waals surface area contributed by atoms with Crippen LogP contribution in [0, 0.1) is 12.8 Å². The van der Waals surface area contributed by atoms with Crippen LogP contribution in [0.1, 0.15) is 38.2 Å². The van der Waals surface area contributed by atoms with Gasteiger partial charge >= 0.3 is 0 Å². The second-order valence-electron chi connectivity index (χ2n) is 5.94. The van der Waals surface area contributed by atoms with Gasteiger partial charge in [0.15, 0.2) is 0 Å². The van der Waals surface area contributed by atoms with Gasteiger partial charge in [-0.3, -0.25) is 4.79 Å². The quantitative estimate of drug-likeness (QED) is 0.862. The average Bonchev–Trinajstić information content (AvgIpc) is 2.97. The Hall–Kier alpha value is -1.36. The van der Waals surface area contributed by atoms with Crippen LogP contribution in [-0.4, -0.2) is 34.7 Å². The first kappa shape index (κ1) is 15.0. The fraction of sp³-hybridized carbons (Fsp3) is 0.733. The monoisotopic (exact) mass is 279 g/mol. The molecule has 5 heteroatoms. The zero-order valence-corrected chi connectivity index (χ0v) is 12.7. The molecule has 0 aromatic carbocycles. The highest BCUT2D eigenvalue weighted by Gasteiger charge is 2.16. The van der Waals surface area contributed by atoms with Crippen molar-refractivity contribution < 1.29 is 9.53 Å². The molecule has 0 saturated carbocycles. The Morgan fingerprint density at radius 1 is 1.60 bits per heavy atom. The van der Waals surface area contributed by atoms with Crippen molar-refractivity contribution in [3.05, 3.63) is 17.7 Å². The number of hydrogen-bond donors (Lipinski definition) is 1. The first-order chi connectivity index (χ1) is 9.54. The minimum atomic E-state index is 0.0251. The van der Waals surface area contributed by atoms with Gasteiger partial charge in [-0.05, 0) is 32.1 Å². The number of aryl methyl sites for hydroxylation is 1. The van der Waals surface area contributed by atoms with E-state index in [1.54, 1.807) is 0 Å². The van der Waals surface area contributed by atoms with Gasteiger partial charge in [-0.2, -0.15) is 0 Å². The zero-order chi connectivity index (χ0) is 14.5. The molecule has 2 rings (SSSR count). The lowest BCUT2D eigenvalue weighted by atomic mass is 10.1. The summed E-state index contributed by atoms with van der Waals surface area (Å²) in [6.07, 6.45) is 5.27. The van der Waals surface area contributed by atoms with Gasteiger partial charge < -0.3 is 14.6 Å². The van der Waals surface area contributed by atoms with Crippen molar-refractivity contribution in [3.63, 3.8) is 0 Å². The summed E-state index contributed by atoms with van der Waals surface area (Å²) in [6, 6.07) is 0. The van der Waals surface area contributed by atoms with Crippen LogP contribution in [0.15, 0.2) is 6.20 Å². The van der Waals surface area contributed by atoms with Crippen molar-refractivity contribution in [2.75, 3.05) is 13.2 Å². The second kappa shape index (κ2) is 6.88. The number of amides is 1. The Labute approximate surface area is 120 Å². The molecule has 1 amide bonds. The molecule has 1 atom stereocenters. The van der Waals surface area contributed by atoms with Crippen LogP contribution in [0.2, 0.25) is 0 Å². The molecule has 0 radical (unpaired) electrons. The van der Waals surface area contributed by atoms with Gasteiger partial charge in [-0.25, -0.2) is 4.98 Å². The molecule has 20 heavy (non-hydrogen) atoms. The number of imidazole rings is 1. The molecule has 1 N–H and O–H groups in total. The summed E-state index contributed by atoms with van der Waals surface area (Å²) >= 11 is 0. The second-order valence-corrected chi connectivity index (χ2v) is 5.94.